The van der Waals surface area contributed by atoms with Gasteiger partial charge in [0.2, 0.25) is 0 Å². The Morgan fingerprint density at radius 1 is 1.38 bits per heavy atom. The molecule has 4 nitrogen and oxygen atoms in total. The van der Waals surface area contributed by atoms with Gasteiger partial charge in [-0.3, -0.25) is 4.90 Å². The molecular formula is C17H29N3O. The fourth-order valence-electron chi connectivity index (χ4n) is 3.25. The second-order valence-corrected chi connectivity index (χ2v) is 6.13. The average Bonchev–Trinajstić information content (AvgIpc) is 2.49. The number of likely N-dealkylation sites (N-methyl/N-ethyl adjacent to an activating group) is 1. The van der Waals surface area contributed by atoms with Gasteiger partial charge in [0, 0.05) is 25.7 Å². The van der Waals surface area contributed by atoms with Crippen LogP contribution in [0.1, 0.15) is 30.0 Å². The molecule has 1 fully saturated rings. The monoisotopic (exact) mass is 291 g/mol. The molecule has 1 aliphatic rings. The molecule has 1 unspecified atom stereocenters. The van der Waals surface area contributed by atoms with Gasteiger partial charge >= 0.3 is 0 Å². The summed E-state index contributed by atoms with van der Waals surface area (Å²) in [5.41, 5.74) is 8.59. The first-order valence-electron chi connectivity index (χ1n) is 7.84. The Hall–Kier alpha value is -0.940. The molecule has 0 aliphatic carbocycles. The number of hydrogen-bond acceptors (Lipinski definition) is 4. The van der Waals surface area contributed by atoms with Crippen LogP contribution < -0.4 is 5.73 Å². The van der Waals surface area contributed by atoms with Crippen molar-refractivity contribution in [3.05, 3.63) is 35.4 Å². The normalized spacial score (nSPS) is 19.1. The first kappa shape index (κ1) is 16.4. The summed E-state index contributed by atoms with van der Waals surface area (Å²) in [5, 5.41) is 0. The summed E-state index contributed by atoms with van der Waals surface area (Å²) in [6.45, 7) is 3.66. The molecule has 0 amide bonds. The van der Waals surface area contributed by atoms with Crippen molar-refractivity contribution < 1.29 is 4.74 Å². The van der Waals surface area contributed by atoms with Crippen LogP contribution in [0.2, 0.25) is 0 Å². The fourth-order valence-corrected chi connectivity index (χ4v) is 3.25. The zero-order chi connectivity index (χ0) is 15.2. The molecule has 0 saturated carbocycles. The number of benzene rings is 1. The third-order valence-electron chi connectivity index (χ3n) is 4.63. The molecule has 1 aliphatic heterocycles. The molecule has 0 bridgehead atoms. The second-order valence-electron chi connectivity index (χ2n) is 6.13. The lowest BCUT2D eigenvalue weighted by atomic mass is 9.97. The van der Waals surface area contributed by atoms with E-state index >= 15 is 0 Å². The summed E-state index contributed by atoms with van der Waals surface area (Å²) in [6, 6.07) is 9.54. The van der Waals surface area contributed by atoms with Crippen molar-refractivity contribution >= 4 is 0 Å². The van der Waals surface area contributed by atoms with Crippen LogP contribution in [0.15, 0.2) is 24.3 Å². The van der Waals surface area contributed by atoms with Crippen molar-refractivity contribution in [3.8, 4) is 0 Å². The van der Waals surface area contributed by atoms with E-state index in [4.69, 9.17) is 10.5 Å². The van der Waals surface area contributed by atoms with Gasteiger partial charge in [0.15, 0.2) is 0 Å². The third-order valence-corrected chi connectivity index (χ3v) is 4.63. The predicted molar refractivity (Wildman–Crippen MR) is 87.2 cm³/mol. The maximum atomic E-state index is 6.08. The first-order chi connectivity index (χ1) is 10.2. The number of nitrogens with two attached hydrogens (primary N) is 1. The summed E-state index contributed by atoms with van der Waals surface area (Å²) < 4.78 is 5.23. The lowest BCUT2D eigenvalue weighted by Gasteiger charge is -2.39. The SMILES string of the molecule is COCc1cccc(C(CN)N(C)C2CCN(C)CC2)c1. The van der Waals surface area contributed by atoms with Crippen LogP contribution >= 0.6 is 0 Å². The van der Waals surface area contributed by atoms with E-state index < -0.39 is 0 Å². The summed E-state index contributed by atoms with van der Waals surface area (Å²) >= 11 is 0. The van der Waals surface area contributed by atoms with Crippen LogP contribution in [-0.4, -0.2) is 56.7 Å². The number of methoxy groups -OCH3 is 1. The van der Waals surface area contributed by atoms with Crippen LogP contribution in [0.3, 0.4) is 0 Å². The van der Waals surface area contributed by atoms with E-state index in [0.29, 0.717) is 19.2 Å². The molecule has 1 aromatic carbocycles. The number of hydrogen-bond donors (Lipinski definition) is 1. The third kappa shape index (κ3) is 4.27. The van der Waals surface area contributed by atoms with E-state index in [9.17, 15) is 0 Å². The van der Waals surface area contributed by atoms with E-state index in [2.05, 4.69) is 48.2 Å². The summed E-state index contributed by atoms with van der Waals surface area (Å²) in [6.07, 6.45) is 2.45. The Labute approximate surface area is 128 Å². The Morgan fingerprint density at radius 2 is 2.10 bits per heavy atom. The standard InChI is InChI=1S/C17H29N3O/c1-19-9-7-16(8-10-19)20(2)17(12-18)15-6-4-5-14(11-15)13-21-3/h4-6,11,16-17H,7-10,12-13,18H2,1-3H3. The molecule has 1 heterocycles. The van der Waals surface area contributed by atoms with Crippen LogP contribution in [0, 0.1) is 0 Å². The number of likely N-dealkylation sites (tertiary alicyclic amines) is 1. The highest BCUT2D eigenvalue weighted by molar-refractivity contribution is 5.26. The van der Waals surface area contributed by atoms with E-state index in [0.717, 1.165) is 0 Å². The van der Waals surface area contributed by atoms with Crippen molar-refractivity contribution in [2.24, 2.45) is 5.73 Å². The minimum Gasteiger partial charge on any atom is -0.380 e. The molecule has 0 aromatic heterocycles. The van der Waals surface area contributed by atoms with E-state index in [1.807, 2.05) is 0 Å². The Bertz CT molecular complexity index is 430. The first-order valence-corrected chi connectivity index (χ1v) is 7.84. The lowest BCUT2D eigenvalue weighted by molar-refractivity contribution is 0.109. The number of nitrogens with zero attached hydrogens (tertiary/aromatic N) is 2. The number of piperidine rings is 1. The minimum absolute atomic E-state index is 0.287. The molecule has 2 N–H and O–H groups in total. The molecule has 118 valence electrons. The van der Waals surface area contributed by atoms with E-state index in [1.165, 1.54) is 37.1 Å². The minimum atomic E-state index is 0.287. The summed E-state index contributed by atoms with van der Waals surface area (Å²) in [7, 11) is 6.15. The molecular weight excluding hydrogens is 262 g/mol. The molecule has 0 spiro atoms. The zero-order valence-corrected chi connectivity index (χ0v) is 13.6. The van der Waals surface area contributed by atoms with Gasteiger partial charge in [0.25, 0.3) is 0 Å². The molecule has 1 aromatic rings. The molecule has 21 heavy (non-hydrogen) atoms. The van der Waals surface area contributed by atoms with Crippen molar-refractivity contribution in [1.29, 1.82) is 0 Å². The highest BCUT2D eigenvalue weighted by Crippen LogP contribution is 2.25. The largest absolute Gasteiger partial charge is 0.380 e. The van der Waals surface area contributed by atoms with Crippen molar-refractivity contribution in [1.82, 2.24) is 9.80 Å². The second kappa shape index (κ2) is 7.90. The molecule has 1 saturated heterocycles. The van der Waals surface area contributed by atoms with Gasteiger partial charge in [0.1, 0.15) is 0 Å². The van der Waals surface area contributed by atoms with Crippen molar-refractivity contribution in [2.75, 3.05) is 40.8 Å². The molecule has 2 rings (SSSR count). The summed E-state index contributed by atoms with van der Waals surface area (Å²) in [5.74, 6) is 0. The average molecular weight is 291 g/mol. The Balaban J connectivity index is 2.09. The topological polar surface area (TPSA) is 41.7 Å². The zero-order valence-electron chi connectivity index (χ0n) is 13.6. The van der Waals surface area contributed by atoms with Gasteiger partial charge in [-0.05, 0) is 51.2 Å². The van der Waals surface area contributed by atoms with Gasteiger partial charge < -0.3 is 15.4 Å². The van der Waals surface area contributed by atoms with Crippen molar-refractivity contribution in [3.63, 3.8) is 0 Å². The Morgan fingerprint density at radius 3 is 2.71 bits per heavy atom. The molecule has 1 atom stereocenters. The van der Waals surface area contributed by atoms with Crippen LogP contribution in [0.25, 0.3) is 0 Å². The quantitative estimate of drug-likeness (QED) is 0.868. The van der Waals surface area contributed by atoms with Gasteiger partial charge in [-0.15, -0.1) is 0 Å². The van der Waals surface area contributed by atoms with Gasteiger partial charge in [0.05, 0.1) is 6.61 Å². The highest BCUT2D eigenvalue weighted by atomic mass is 16.5. The predicted octanol–water partition coefficient (Wildman–Crippen LogP) is 1.86. The highest BCUT2D eigenvalue weighted by Gasteiger charge is 2.26. The van der Waals surface area contributed by atoms with Crippen LogP contribution in [-0.2, 0) is 11.3 Å². The lowest BCUT2D eigenvalue weighted by Crippen LogP contribution is -2.45. The number of ether oxygens (including phenoxy) is 1. The molecule has 0 radical (unpaired) electrons. The number of rotatable bonds is 6. The van der Waals surface area contributed by atoms with E-state index in [-0.39, 0.29) is 6.04 Å². The van der Waals surface area contributed by atoms with Gasteiger partial charge in [-0.2, -0.15) is 0 Å². The van der Waals surface area contributed by atoms with Crippen LogP contribution in [0.5, 0.6) is 0 Å². The molecule has 4 heteroatoms. The maximum Gasteiger partial charge on any atom is 0.0713 e. The fraction of sp³-hybridized carbons (Fsp3) is 0.647. The van der Waals surface area contributed by atoms with E-state index in [1.54, 1.807) is 7.11 Å². The smallest absolute Gasteiger partial charge is 0.0713 e. The Kier molecular flexibility index (Phi) is 6.18. The van der Waals surface area contributed by atoms with Gasteiger partial charge in [-0.25, -0.2) is 0 Å². The van der Waals surface area contributed by atoms with Crippen molar-refractivity contribution in [2.45, 2.75) is 31.5 Å². The van der Waals surface area contributed by atoms with Crippen LogP contribution in [0.4, 0.5) is 0 Å². The maximum absolute atomic E-state index is 6.08. The summed E-state index contributed by atoms with van der Waals surface area (Å²) in [4.78, 5) is 4.87. The van der Waals surface area contributed by atoms with Gasteiger partial charge in [-0.1, -0.05) is 24.3 Å².